The molecule has 0 saturated heterocycles. The van der Waals surface area contributed by atoms with E-state index in [9.17, 15) is 9.18 Å². The first kappa shape index (κ1) is 16.2. The molecule has 0 bridgehead atoms. The summed E-state index contributed by atoms with van der Waals surface area (Å²) in [6.07, 6.45) is 1.10. The van der Waals surface area contributed by atoms with Gasteiger partial charge in [0.15, 0.2) is 0 Å². The molecule has 2 N–H and O–H groups in total. The Labute approximate surface area is 129 Å². The van der Waals surface area contributed by atoms with E-state index in [-0.39, 0.29) is 24.2 Å². The highest BCUT2D eigenvalue weighted by molar-refractivity contribution is 5.92. The summed E-state index contributed by atoms with van der Waals surface area (Å²) in [4.78, 5) is 12.2. The van der Waals surface area contributed by atoms with Crippen LogP contribution in [0, 0.1) is 11.7 Å². The van der Waals surface area contributed by atoms with Gasteiger partial charge >= 0.3 is 0 Å². The van der Waals surface area contributed by atoms with Crippen molar-refractivity contribution in [1.29, 1.82) is 0 Å². The van der Waals surface area contributed by atoms with Crippen molar-refractivity contribution in [3.63, 3.8) is 0 Å². The number of carbonyl (C=O) groups excluding carboxylic acids is 1. The Balaban J connectivity index is 1.90. The van der Waals surface area contributed by atoms with E-state index in [2.05, 4.69) is 5.32 Å². The molecule has 1 amide bonds. The lowest BCUT2D eigenvalue weighted by Crippen LogP contribution is -2.21. The molecular formula is C18H20FNO2. The smallest absolute Gasteiger partial charge is 0.227 e. The fourth-order valence-electron chi connectivity index (χ4n) is 2.22. The van der Waals surface area contributed by atoms with Gasteiger partial charge in [-0.3, -0.25) is 4.79 Å². The van der Waals surface area contributed by atoms with E-state index in [0.29, 0.717) is 24.1 Å². The maximum Gasteiger partial charge on any atom is 0.227 e. The number of hydrogen-bond donors (Lipinski definition) is 2. The van der Waals surface area contributed by atoms with E-state index in [1.807, 2.05) is 6.92 Å². The number of hydrogen-bond acceptors (Lipinski definition) is 2. The predicted molar refractivity (Wildman–Crippen MR) is 84.9 cm³/mol. The molecule has 0 radical (unpaired) electrons. The molecule has 0 aliphatic rings. The van der Waals surface area contributed by atoms with E-state index in [4.69, 9.17) is 5.11 Å². The molecule has 1 unspecified atom stereocenters. The Morgan fingerprint density at radius 1 is 1.23 bits per heavy atom. The quantitative estimate of drug-likeness (QED) is 0.857. The lowest BCUT2D eigenvalue weighted by Gasteiger charge is -2.13. The number of nitrogens with one attached hydrogen (secondary N) is 1. The normalized spacial score (nSPS) is 12.0. The summed E-state index contributed by atoms with van der Waals surface area (Å²) >= 11 is 0. The molecule has 0 saturated carbocycles. The van der Waals surface area contributed by atoms with Gasteiger partial charge in [0.25, 0.3) is 0 Å². The molecule has 4 heteroatoms. The molecule has 0 spiro atoms. The van der Waals surface area contributed by atoms with Crippen LogP contribution >= 0.6 is 0 Å². The third-order valence-electron chi connectivity index (χ3n) is 3.63. The fourth-order valence-corrected chi connectivity index (χ4v) is 2.22. The number of benzene rings is 2. The van der Waals surface area contributed by atoms with Crippen LogP contribution < -0.4 is 5.32 Å². The molecule has 0 heterocycles. The molecule has 1 atom stereocenters. The summed E-state index contributed by atoms with van der Waals surface area (Å²) in [7, 11) is 0. The number of rotatable bonds is 6. The van der Waals surface area contributed by atoms with Gasteiger partial charge in [0.1, 0.15) is 5.82 Å². The molecule has 22 heavy (non-hydrogen) atoms. The number of carbonyl (C=O) groups is 1. The zero-order chi connectivity index (χ0) is 15.9. The Bertz CT molecular complexity index is 642. The van der Waals surface area contributed by atoms with Crippen molar-refractivity contribution in [2.75, 3.05) is 5.32 Å². The average molecular weight is 301 g/mol. The second kappa shape index (κ2) is 7.71. The molecule has 116 valence electrons. The summed E-state index contributed by atoms with van der Waals surface area (Å²) in [5, 5.41) is 11.9. The average Bonchev–Trinajstić information content (AvgIpc) is 2.54. The summed E-state index contributed by atoms with van der Waals surface area (Å²) in [5.74, 6) is -0.561. The SMILES string of the molecule is CC(CCc1ccccc1F)C(=O)Nc1cccc(CO)c1. The molecule has 3 nitrogen and oxygen atoms in total. The van der Waals surface area contributed by atoms with Gasteiger partial charge in [-0.2, -0.15) is 0 Å². The first-order valence-electron chi connectivity index (χ1n) is 7.34. The third-order valence-corrected chi connectivity index (χ3v) is 3.63. The van der Waals surface area contributed by atoms with Crippen LogP contribution in [-0.4, -0.2) is 11.0 Å². The molecule has 0 aliphatic heterocycles. The van der Waals surface area contributed by atoms with E-state index in [1.54, 1.807) is 42.5 Å². The molecule has 0 aromatic heterocycles. The van der Waals surface area contributed by atoms with Crippen molar-refractivity contribution in [2.45, 2.75) is 26.4 Å². The molecule has 2 aromatic rings. The molecule has 2 aromatic carbocycles. The van der Waals surface area contributed by atoms with Crippen molar-refractivity contribution in [3.8, 4) is 0 Å². The van der Waals surface area contributed by atoms with E-state index < -0.39 is 0 Å². The molecule has 2 rings (SSSR count). The van der Waals surface area contributed by atoms with Crippen molar-refractivity contribution >= 4 is 11.6 Å². The number of aliphatic hydroxyl groups is 1. The first-order valence-corrected chi connectivity index (χ1v) is 7.34. The third kappa shape index (κ3) is 4.40. The summed E-state index contributed by atoms with van der Waals surface area (Å²) < 4.78 is 13.5. The topological polar surface area (TPSA) is 49.3 Å². The van der Waals surface area contributed by atoms with Crippen molar-refractivity contribution in [1.82, 2.24) is 0 Å². The van der Waals surface area contributed by atoms with Crippen LogP contribution in [-0.2, 0) is 17.8 Å². The first-order chi connectivity index (χ1) is 10.6. The molecule has 0 aliphatic carbocycles. The van der Waals surface area contributed by atoms with Gasteiger partial charge in [0.05, 0.1) is 6.61 Å². The maximum absolute atomic E-state index is 13.5. The van der Waals surface area contributed by atoms with Crippen LogP contribution in [0.15, 0.2) is 48.5 Å². The maximum atomic E-state index is 13.5. The minimum Gasteiger partial charge on any atom is -0.392 e. The Morgan fingerprint density at radius 2 is 2.00 bits per heavy atom. The zero-order valence-corrected chi connectivity index (χ0v) is 12.6. The zero-order valence-electron chi connectivity index (χ0n) is 12.6. The van der Waals surface area contributed by atoms with Gasteiger partial charge in [-0.15, -0.1) is 0 Å². The lowest BCUT2D eigenvalue weighted by molar-refractivity contribution is -0.119. The van der Waals surface area contributed by atoms with Gasteiger partial charge < -0.3 is 10.4 Å². The highest BCUT2D eigenvalue weighted by Gasteiger charge is 2.14. The van der Waals surface area contributed by atoms with Crippen LogP contribution in [0.2, 0.25) is 0 Å². The van der Waals surface area contributed by atoms with Gasteiger partial charge in [-0.05, 0) is 42.2 Å². The van der Waals surface area contributed by atoms with E-state index >= 15 is 0 Å². The highest BCUT2D eigenvalue weighted by Crippen LogP contribution is 2.16. The minimum absolute atomic E-state index is 0.0629. The van der Waals surface area contributed by atoms with Gasteiger partial charge in [0.2, 0.25) is 5.91 Å². The largest absolute Gasteiger partial charge is 0.392 e. The minimum atomic E-state index is -0.231. The van der Waals surface area contributed by atoms with Crippen LogP contribution in [0.4, 0.5) is 10.1 Å². The van der Waals surface area contributed by atoms with E-state index in [1.165, 1.54) is 6.07 Å². The van der Waals surface area contributed by atoms with Gasteiger partial charge in [-0.1, -0.05) is 37.3 Å². The Kier molecular flexibility index (Phi) is 5.67. The summed E-state index contributed by atoms with van der Waals surface area (Å²) in [5.41, 5.74) is 2.04. The van der Waals surface area contributed by atoms with E-state index in [0.717, 1.165) is 5.56 Å². The van der Waals surface area contributed by atoms with Gasteiger partial charge in [0, 0.05) is 11.6 Å². The Hall–Kier alpha value is -2.20. The fraction of sp³-hybridized carbons (Fsp3) is 0.278. The highest BCUT2D eigenvalue weighted by atomic mass is 19.1. The van der Waals surface area contributed by atoms with Crippen LogP contribution in [0.1, 0.15) is 24.5 Å². The second-order valence-electron chi connectivity index (χ2n) is 5.38. The number of aryl methyl sites for hydroxylation is 1. The predicted octanol–water partition coefficient (Wildman–Crippen LogP) is 3.53. The van der Waals surface area contributed by atoms with Crippen LogP contribution in [0.3, 0.4) is 0 Å². The molecule has 0 fully saturated rings. The van der Waals surface area contributed by atoms with Crippen LogP contribution in [0.25, 0.3) is 0 Å². The number of amides is 1. The van der Waals surface area contributed by atoms with Crippen LogP contribution in [0.5, 0.6) is 0 Å². The monoisotopic (exact) mass is 301 g/mol. The van der Waals surface area contributed by atoms with Gasteiger partial charge in [-0.25, -0.2) is 4.39 Å². The standard InChI is InChI=1S/C18H20FNO2/c1-13(9-10-15-6-2-3-8-17(15)19)18(22)20-16-7-4-5-14(11-16)12-21/h2-8,11,13,21H,9-10,12H2,1H3,(H,20,22). The number of anilines is 1. The van der Waals surface area contributed by atoms with Crippen molar-refractivity contribution in [2.24, 2.45) is 5.92 Å². The lowest BCUT2D eigenvalue weighted by atomic mass is 10.00. The summed E-state index contributed by atoms with van der Waals surface area (Å²) in [6.45, 7) is 1.76. The number of aliphatic hydroxyl groups excluding tert-OH is 1. The Morgan fingerprint density at radius 3 is 2.73 bits per heavy atom. The molecular weight excluding hydrogens is 281 g/mol. The van der Waals surface area contributed by atoms with Crippen molar-refractivity contribution in [3.05, 3.63) is 65.5 Å². The summed E-state index contributed by atoms with van der Waals surface area (Å²) in [6, 6.07) is 13.7. The second-order valence-corrected chi connectivity index (χ2v) is 5.38. The number of halogens is 1. The van der Waals surface area contributed by atoms with Crippen molar-refractivity contribution < 1.29 is 14.3 Å².